The summed E-state index contributed by atoms with van der Waals surface area (Å²) in [6.07, 6.45) is 1.05. The van der Waals surface area contributed by atoms with Crippen molar-refractivity contribution in [1.82, 2.24) is 0 Å². The van der Waals surface area contributed by atoms with Gasteiger partial charge in [-0.1, -0.05) is 70.0 Å². The predicted octanol–water partition coefficient (Wildman–Crippen LogP) is 0.0111. The number of hydrogen-bond acceptors (Lipinski definition) is 0. The van der Waals surface area contributed by atoms with Crippen molar-refractivity contribution >= 4 is 0 Å². The third-order valence-electron chi connectivity index (χ3n) is 5.43. The van der Waals surface area contributed by atoms with Crippen LogP contribution in [0.5, 0.6) is 0 Å². The van der Waals surface area contributed by atoms with Crippen LogP contribution in [-0.4, -0.2) is 0 Å². The van der Waals surface area contributed by atoms with Crippen molar-refractivity contribution in [2.45, 2.75) is 41.0 Å². The molecule has 3 aromatic carbocycles. The third-order valence-corrected chi connectivity index (χ3v) is 5.43. The Morgan fingerprint density at radius 2 is 1.35 bits per heavy atom. The molecule has 0 N–H and O–H groups in total. The van der Waals surface area contributed by atoms with Crippen molar-refractivity contribution < 1.29 is 50.7 Å². The van der Waals surface area contributed by atoms with Crippen LogP contribution in [0.4, 0.5) is 0 Å². The van der Waals surface area contributed by atoms with Gasteiger partial charge in [-0.15, -0.1) is 5.56 Å². The fraction of sp³-hybridized carbons (Fsp3) is 0.261. The monoisotopic (exact) mass is 550 g/mol. The first-order chi connectivity index (χ1) is 11.0. The zero-order valence-electron chi connectivity index (χ0n) is 16.0. The first-order valence-corrected chi connectivity index (χ1v) is 8.28. The molecule has 0 bridgehead atoms. The molecule has 0 amide bonds. The van der Waals surface area contributed by atoms with Gasteiger partial charge in [0.05, 0.1) is 0 Å². The van der Waals surface area contributed by atoms with E-state index in [1.54, 1.807) is 0 Å². The summed E-state index contributed by atoms with van der Waals surface area (Å²) in [4.78, 5) is 0. The number of halogens is 2. The molecule has 0 nitrogen and oxygen atoms in total. The summed E-state index contributed by atoms with van der Waals surface area (Å²) >= 11 is 0. The molecule has 0 fully saturated rings. The maximum atomic E-state index is 3.30. The molecule has 3 heteroatoms. The fourth-order valence-electron chi connectivity index (χ4n) is 3.40. The first kappa shape index (κ1) is 25.2. The Kier molecular flexibility index (Phi) is 10.2. The van der Waals surface area contributed by atoms with E-state index in [2.05, 4.69) is 77.1 Å². The van der Waals surface area contributed by atoms with Crippen molar-refractivity contribution in [3.05, 3.63) is 87.5 Å². The van der Waals surface area contributed by atoms with Gasteiger partial charge < -0.3 is 24.8 Å². The standard InChI is InChI=1S/C13H9.C10H15.2ClH.Hf/c1-3-7-12-10(5-1)9-11-6-2-4-8-13(11)12;1-6-7(2)9(4)10(5)8(6)3;;;/h1-5,7-8H,9H2;1-5H3;2*1H;/q2*-1;;;+4/p-2. The minimum Gasteiger partial charge on any atom is -1.00 e. The van der Waals surface area contributed by atoms with E-state index in [1.807, 2.05) is 6.07 Å². The summed E-state index contributed by atoms with van der Waals surface area (Å²) in [6, 6.07) is 18.1. The quantitative estimate of drug-likeness (QED) is 0.214. The van der Waals surface area contributed by atoms with Crippen LogP contribution in [0.3, 0.4) is 0 Å². The van der Waals surface area contributed by atoms with Crippen molar-refractivity contribution in [1.29, 1.82) is 0 Å². The summed E-state index contributed by atoms with van der Waals surface area (Å²) in [7, 11) is 0. The van der Waals surface area contributed by atoms with E-state index >= 15 is 0 Å². The molecule has 0 unspecified atom stereocenters. The molecule has 0 saturated heterocycles. The maximum Gasteiger partial charge on any atom is 4.00 e. The second-order valence-electron chi connectivity index (χ2n) is 6.52. The van der Waals surface area contributed by atoms with E-state index in [-0.39, 0.29) is 50.7 Å². The van der Waals surface area contributed by atoms with Crippen LogP contribution >= 0.6 is 0 Å². The topological polar surface area (TPSA) is 0 Å². The molecular formula is C23H24Cl2Hf. The van der Waals surface area contributed by atoms with Gasteiger partial charge in [0.1, 0.15) is 0 Å². The maximum absolute atomic E-state index is 3.30. The minimum absolute atomic E-state index is 0. The van der Waals surface area contributed by atoms with Crippen molar-refractivity contribution in [2.75, 3.05) is 0 Å². The van der Waals surface area contributed by atoms with Crippen LogP contribution < -0.4 is 24.8 Å². The average molecular weight is 550 g/mol. The molecule has 0 saturated carbocycles. The third kappa shape index (κ3) is 4.74. The van der Waals surface area contributed by atoms with Crippen LogP contribution in [0, 0.1) is 40.7 Å². The van der Waals surface area contributed by atoms with Gasteiger partial charge in [0.25, 0.3) is 0 Å². The average Bonchev–Trinajstić information content (AvgIpc) is 3.04. The number of hydrogen-bond donors (Lipinski definition) is 0. The molecule has 0 aromatic heterocycles. The normalized spacial score (nSPS) is 10.2. The second-order valence-corrected chi connectivity index (χ2v) is 6.52. The minimum atomic E-state index is 0. The van der Waals surface area contributed by atoms with E-state index in [0.717, 1.165) is 6.42 Å². The van der Waals surface area contributed by atoms with Crippen molar-refractivity contribution in [3.8, 4) is 11.1 Å². The molecule has 3 aromatic rings. The Morgan fingerprint density at radius 3 is 1.88 bits per heavy atom. The SMILES string of the molecule is Cc1c(C)c(C)[c-](C)c1C.[Cl-].[Cl-].[Hf+4].[c-]1cccc2c1Cc1ccccc1-2. The number of fused-ring (bicyclic) bond motifs is 3. The molecular weight excluding hydrogens is 526 g/mol. The van der Waals surface area contributed by atoms with Gasteiger partial charge in [-0.05, 0) is 6.42 Å². The summed E-state index contributed by atoms with van der Waals surface area (Å²) in [5, 5.41) is 0. The van der Waals surface area contributed by atoms with Gasteiger partial charge >= 0.3 is 25.8 Å². The van der Waals surface area contributed by atoms with Crippen LogP contribution in [0.1, 0.15) is 38.9 Å². The molecule has 1 aliphatic carbocycles. The molecule has 0 atom stereocenters. The van der Waals surface area contributed by atoms with Crippen LogP contribution in [-0.2, 0) is 32.3 Å². The Morgan fingerprint density at radius 1 is 0.808 bits per heavy atom. The summed E-state index contributed by atoms with van der Waals surface area (Å²) in [5.74, 6) is 0. The predicted molar refractivity (Wildman–Crippen MR) is 99.2 cm³/mol. The molecule has 0 spiro atoms. The van der Waals surface area contributed by atoms with Crippen molar-refractivity contribution in [3.63, 3.8) is 0 Å². The smallest absolute Gasteiger partial charge is 1.00 e. The van der Waals surface area contributed by atoms with Gasteiger partial charge in [-0.25, -0.2) is 0 Å². The van der Waals surface area contributed by atoms with Crippen LogP contribution in [0.25, 0.3) is 11.1 Å². The van der Waals surface area contributed by atoms with Crippen molar-refractivity contribution in [2.24, 2.45) is 0 Å². The van der Waals surface area contributed by atoms with Crippen LogP contribution in [0.2, 0.25) is 0 Å². The van der Waals surface area contributed by atoms with E-state index in [1.165, 1.54) is 50.1 Å². The zero-order chi connectivity index (χ0) is 16.6. The van der Waals surface area contributed by atoms with E-state index in [4.69, 9.17) is 0 Å². The van der Waals surface area contributed by atoms with E-state index in [9.17, 15) is 0 Å². The molecule has 4 rings (SSSR count). The second kappa shape index (κ2) is 10.5. The summed E-state index contributed by atoms with van der Waals surface area (Å²) < 4.78 is 0. The summed E-state index contributed by atoms with van der Waals surface area (Å²) in [6.45, 7) is 11.0. The number of rotatable bonds is 0. The molecule has 26 heavy (non-hydrogen) atoms. The molecule has 0 aliphatic heterocycles. The van der Waals surface area contributed by atoms with Gasteiger partial charge in [-0.3, -0.25) is 0 Å². The number of benzene rings is 2. The summed E-state index contributed by atoms with van der Waals surface area (Å²) in [5.41, 5.74) is 12.8. The Bertz CT molecular complexity index is 739. The first-order valence-electron chi connectivity index (χ1n) is 8.28. The van der Waals surface area contributed by atoms with E-state index in [0.29, 0.717) is 0 Å². The van der Waals surface area contributed by atoms with Gasteiger partial charge in [0.2, 0.25) is 0 Å². The molecule has 134 valence electrons. The largest absolute Gasteiger partial charge is 4.00 e. The Hall–Kier alpha value is -0.760. The Balaban J connectivity index is 0.000000445. The zero-order valence-corrected chi connectivity index (χ0v) is 21.1. The molecule has 0 radical (unpaired) electrons. The molecule has 0 heterocycles. The fourth-order valence-corrected chi connectivity index (χ4v) is 3.40. The van der Waals surface area contributed by atoms with Gasteiger partial charge in [0, 0.05) is 0 Å². The van der Waals surface area contributed by atoms with Gasteiger partial charge in [-0.2, -0.15) is 57.6 Å². The molecule has 1 aliphatic rings. The van der Waals surface area contributed by atoms with Gasteiger partial charge in [0.15, 0.2) is 0 Å². The van der Waals surface area contributed by atoms with E-state index < -0.39 is 0 Å². The van der Waals surface area contributed by atoms with Crippen LogP contribution in [0.15, 0.2) is 42.5 Å². The Labute approximate surface area is 189 Å².